The van der Waals surface area contributed by atoms with Crippen molar-refractivity contribution in [3.8, 4) is 0 Å². The van der Waals surface area contributed by atoms with Gasteiger partial charge in [0.15, 0.2) is 5.71 Å². The third-order valence-electron chi connectivity index (χ3n) is 5.98. The summed E-state index contributed by atoms with van der Waals surface area (Å²) in [7, 11) is 0. The number of hydrogen-bond acceptors (Lipinski definition) is 5. The third kappa shape index (κ3) is 5.32. The van der Waals surface area contributed by atoms with E-state index in [0.29, 0.717) is 0 Å². The van der Waals surface area contributed by atoms with E-state index in [1.165, 1.54) is 30.3 Å². The molecule has 0 bridgehead atoms. The number of nitrogens with one attached hydrogen (secondary N) is 1. The van der Waals surface area contributed by atoms with Crippen molar-refractivity contribution in [3.05, 3.63) is 80.3 Å². The average molecular weight is 613 g/mol. The van der Waals surface area contributed by atoms with Gasteiger partial charge >= 0.3 is 12.4 Å². The molecular formula is C24H14Cl3F6N3O3. The van der Waals surface area contributed by atoms with Crippen LogP contribution >= 0.6 is 34.8 Å². The van der Waals surface area contributed by atoms with Gasteiger partial charge in [-0.2, -0.15) is 26.3 Å². The minimum Gasteiger partial charge on any atom is -0.411 e. The van der Waals surface area contributed by atoms with Gasteiger partial charge in [0.25, 0.3) is 11.5 Å². The smallest absolute Gasteiger partial charge is 0.411 e. The van der Waals surface area contributed by atoms with Gasteiger partial charge in [0.05, 0.1) is 27.3 Å². The molecule has 3 aromatic carbocycles. The molecule has 0 fully saturated rings. The highest BCUT2D eigenvalue weighted by Crippen LogP contribution is 2.51. The summed E-state index contributed by atoms with van der Waals surface area (Å²) in [4.78, 5) is 17.7. The number of carbonyl (C=O) groups excluding carboxylic acids is 1. The maximum atomic E-state index is 14.4. The van der Waals surface area contributed by atoms with Crippen molar-refractivity contribution < 1.29 is 41.2 Å². The standard InChI is InChI=1S/C24H14Cl3F6N3O3/c25-16-7-11(8-17(26)20(16)27)22(24(31,32)33)9-18(36-39-22)14-5-6-15(13-4-2-1-3-12(13)14)21(37)34-10-19(35-38)23(28,29)30/h1-8,38H,9-10H2,(H,34,37)/b35-19+. The predicted molar refractivity (Wildman–Crippen MR) is 133 cm³/mol. The summed E-state index contributed by atoms with van der Waals surface area (Å²) < 4.78 is 81.7. The second-order valence-corrected chi connectivity index (χ2v) is 9.51. The number of fused-ring (bicyclic) bond motifs is 1. The van der Waals surface area contributed by atoms with E-state index in [1.807, 2.05) is 5.32 Å². The number of oxime groups is 2. The van der Waals surface area contributed by atoms with Gasteiger partial charge in [-0.1, -0.05) is 75.4 Å². The summed E-state index contributed by atoms with van der Waals surface area (Å²) in [5, 5.41) is 16.4. The summed E-state index contributed by atoms with van der Waals surface area (Å²) in [6, 6.07) is 10.6. The van der Waals surface area contributed by atoms with E-state index in [1.54, 1.807) is 6.07 Å². The first-order chi connectivity index (χ1) is 18.2. The Balaban J connectivity index is 1.71. The number of halogens is 9. The first-order valence-corrected chi connectivity index (χ1v) is 11.9. The molecule has 1 unspecified atom stereocenters. The maximum Gasteiger partial charge on any atom is 0.435 e. The Morgan fingerprint density at radius 2 is 1.64 bits per heavy atom. The van der Waals surface area contributed by atoms with E-state index in [0.717, 1.165) is 12.1 Å². The Morgan fingerprint density at radius 1 is 1.03 bits per heavy atom. The molecule has 6 nitrogen and oxygen atoms in total. The van der Waals surface area contributed by atoms with Crippen LogP contribution in [0.25, 0.3) is 10.8 Å². The van der Waals surface area contributed by atoms with Crippen molar-refractivity contribution in [2.75, 3.05) is 6.54 Å². The van der Waals surface area contributed by atoms with Crippen molar-refractivity contribution in [2.45, 2.75) is 24.4 Å². The molecule has 1 atom stereocenters. The normalized spacial score (nSPS) is 18.2. The second-order valence-electron chi connectivity index (χ2n) is 8.32. The van der Waals surface area contributed by atoms with Gasteiger partial charge in [0.2, 0.25) is 0 Å². The van der Waals surface area contributed by atoms with Crippen LogP contribution in [0, 0.1) is 0 Å². The lowest BCUT2D eigenvalue weighted by Crippen LogP contribution is -2.42. The van der Waals surface area contributed by atoms with Gasteiger partial charge in [-0.3, -0.25) is 4.79 Å². The fourth-order valence-corrected chi connectivity index (χ4v) is 4.63. The lowest BCUT2D eigenvalue weighted by molar-refractivity contribution is -0.275. The van der Waals surface area contributed by atoms with Gasteiger partial charge in [-0.25, -0.2) is 0 Å². The molecule has 1 aliphatic rings. The maximum absolute atomic E-state index is 14.4. The number of carbonyl (C=O) groups is 1. The molecule has 206 valence electrons. The zero-order valence-electron chi connectivity index (χ0n) is 19.1. The van der Waals surface area contributed by atoms with Crippen molar-refractivity contribution in [3.63, 3.8) is 0 Å². The van der Waals surface area contributed by atoms with E-state index < -0.39 is 48.1 Å². The van der Waals surface area contributed by atoms with E-state index in [9.17, 15) is 31.1 Å². The number of benzene rings is 3. The van der Waals surface area contributed by atoms with Crippen LogP contribution in [0.4, 0.5) is 26.3 Å². The molecule has 4 rings (SSSR count). The number of hydrogen-bond donors (Lipinski definition) is 2. The summed E-state index contributed by atoms with van der Waals surface area (Å²) in [5.41, 5.74) is -5.02. The van der Waals surface area contributed by atoms with Crippen LogP contribution in [0.1, 0.15) is 27.9 Å². The number of amides is 1. The fourth-order valence-electron chi connectivity index (χ4n) is 4.04. The zero-order chi connectivity index (χ0) is 28.8. The van der Waals surface area contributed by atoms with E-state index >= 15 is 0 Å². The Kier molecular flexibility index (Phi) is 7.67. The van der Waals surface area contributed by atoms with Crippen molar-refractivity contribution in [1.82, 2.24) is 5.32 Å². The molecule has 2 N–H and O–H groups in total. The summed E-state index contributed by atoms with van der Waals surface area (Å²) in [5.74, 6) is -0.942. The largest absolute Gasteiger partial charge is 0.435 e. The van der Waals surface area contributed by atoms with Crippen molar-refractivity contribution >= 4 is 62.9 Å². The van der Waals surface area contributed by atoms with E-state index in [4.69, 9.17) is 44.8 Å². The highest BCUT2D eigenvalue weighted by molar-refractivity contribution is 6.48. The SMILES string of the molecule is O=C(NC/C(=N\O)C(F)(F)F)c1ccc(C2=NOC(c3cc(Cl)c(Cl)c(Cl)c3)(C(F)(F)F)C2)c2ccccc12. The Morgan fingerprint density at radius 3 is 2.21 bits per heavy atom. The highest BCUT2D eigenvalue weighted by atomic mass is 35.5. The lowest BCUT2D eigenvalue weighted by atomic mass is 9.85. The van der Waals surface area contributed by atoms with E-state index in [2.05, 4.69) is 10.3 Å². The molecule has 1 aliphatic heterocycles. The van der Waals surface area contributed by atoms with Crippen molar-refractivity contribution in [1.29, 1.82) is 0 Å². The third-order valence-corrected chi connectivity index (χ3v) is 7.18. The molecule has 0 saturated carbocycles. The summed E-state index contributed by atoms with van der Waals surface area (Å²) in [6.07, 6.45) is -10.7. The molecule has 1 amide bonds. The van der Waals surface area contributed by atoms with Gasteiger partial charge in [-0.05, 0) is 29.0 Å². The minimum atomic E-state index is -4.97. The van der Waals surface area contributed by atoms with Crippen LogP contribution < -0.4 is 5.32 Å². The van der Waals surface area contributed by atoms with Crippen LogP contribution in [0.3, 0.4) is 0 Å². The van der Waals surface area contributed by atoms with Gasteiger partial charge in [0.1, 0.15) is 0 Å². The molecule has 1 heterocycles. The Hall–Kier alpha value is -3.22. The lowest BCUT2D eigenvalue weighted by Gasteiger charge is -2.30. The van der Waals surface area contributed by atoms with Crippen LogP contribution in [-0.2, 0) is 10.4 Å². The van der Waals surface area contributed by atoms with Crippen LogP contribution in [-0.4, -0.2) is 41.4 Å². The fraction of sp³-hybridized carbons (Fsp3) is 0.208. The molecule has 0 radical (unpaired) electrons. The van der Waals surface area contributed by atoms with Crippen LogP contribution in [0.5, 0.6) is 0 Å². The van der Waals surface area contributed by atoms with Gasteiger partial charge in [0, 0.05) is 23.1 Å². The van der Waals surface area contributed by atoms with Crippen molar-refractivity contribution in [2.24, 2.45) is 10.3 Å². The number of nitrogens with zero attached hydrogens (tertiary/aromatic N) is 2. The second kappa shape index (κ2) is 10.4. The Bertz CT molecular complexity index is 1500. The quantitative estimate of drug-likeness (QED) is 0.103. The highest BCUT2D eigenvalue weighted by Gasteiger charge is 2.62. The predicted octanol–water partition coefficient (Wildman–Crippen LogP) is 7.50. The summed E-state index contributed by atoms with van der Waals surface area (Å²) in [6.45, 7) is -1.12. The molecule has 15 heteroatoms. The first-order valence-electron chi connectivity index (χ1n) is 10.7. The van der Waals surface area contributed by atoms with E-state index in [-0.39, 0.29) is 42.7 Å². The first kappa shape index (κ1) is 28.8. The molecule has 3 aromatic rings. The minimum absolute atomic E-state index is 0.0771. The number of rotatable bonds is 5. The Labute approximate surface area is 230 Å². The van der Waals surface area contributed by atoms with Crippen LogP contribution in [0.15, 0.2) is 58.8 Å². The molecule has 0 saturated heterocycles. The topological polar surface area (TPSA) is 83.3 Å². The molecule has 0 aromatic heterocycles. The molecule has 0 aliphatic carbocycles. The average Bonchev–Trinajstić information content (AvgIpc) is 3.32. The molecular weight excluding hydrogens is 599 g/mol. The molecule has 39 heavy (non-hydrogen) atoms. The van der Waals surface area contributed by atoms with Gasteiger partial charge in [-0.15, -0.1) is 0 Å². The van der Waals surface area contributed by atoms with Gasteiger partial charge < -0.3 is 15.4 Å². The molecule has 0 spiro atoms. The number of alkyl halides is 6. The summed E-state index contributed by atoms with van der Waals surface area (Å²) >= 11 is 17.8. The van der Waals surface area contributed by atoms with Crippen LogP contribution in [0.2, 0.25) is 15.1 Å². The monoisotopic (exact) mass is 611 g/mol. The zero-order valence-corrected chi connectivity index (χ0v) is 21.4.